The number of benzene rings is 2. The molecule has 0 aliphatic carbocycles. The molecule has 0 N–H and O–H groups in total. The topological polar surface area (TPSA) is 0 Å². The van der Waals surface area contributed by atoms with Gasteiger partial charge in [0.15, 0.2) is 0 Å². The van der Waals surface area contributed by atoms with Crippen molar-refractivity contribution < 1.29 is 0 Å². The van der Waals surface area contributed by atoms with Crippen LogP contribution in [0.2, 0.25) is 5.02 Å². The van der Waals surface area contributed by atoms with Crippen LogP contribution in [0, 0.1) is 0 Å². The molecule has 0 amide bonds. The van der Waals surface area contributed by atoms with Gasteiger partial charge in [-0.05, 0) is 41.8 Å². The summed E-state index contributed by atoms with van der Waals surface area (Å²) in [6.07, 6.45) is 2.15. The molecule has 2 aromatic carbocycles. The number of rotatable bonds is 2. The molecule has 0 aliphatic heterocycles. The molecule has 17 heavy (non-hydrogen) atoms. The van der Waals surface area contributed by atoms with Crippen molar-refractivity contribution in [3.05, 3.63) is 69.2 Å². The molecule has 2 aromatic rings. The minimum atomic E-state index is 0.765. The van der Waals surface area contributed by atoms with E-state index >= 15 is 0 Å². The average Bonchev–Trinajstić information content (AvgIpc) is 2.32. The highest BCUT2D eigenvalue weighted by Gasteiger charge is 2.00. The van der Waals surface area contributed by atoms with Crippen LogP contribution in [-0.2, 0) is 0 Å². The van der Waals surface area contributed by atoms with Gasteiger partial charge in [0, 0.05) is 9.50 Å². The molecule has 0 aromatic heterocycles. The average molecular weight is 308 g/mol. The summed E-state index contributed by atoms with van der Waals surface area (Å²) in [5.41, 5.74) is 3.59. The Hall–Kier alpha value is -1.05. The summed E-state index contributed by atoms with van der Waals surface area (Å²) < 4.78 is 1.11. The van der Waals surface area contributed by atoms with E-state index < -0.39 is 0 Å². The van der Waals surface area contributed by atoms with Crippen molar-refractivity contribution in [2.45, 2.75) is 6.92 Å². The van der Waals surface area contributed by atoms with Crippen LogP contribution in [0.15, 0.2) is 53.0 Å². The van der Waals surface area contributed by atoms with Gasteiger partial charge in [-0.25, -0.2) is 0 Å². The molecule has 0 fully saturated rings. The summed E-state index contributed by atoms with van der Waals surface area (Å²) in [4.78, 5) is 0. The van der Waals surface area contributed by atoms with Crippen LogP contribution in [0.3, 0.4) is 0 Å². The van der Waals surface area contributed by atoms with Crippen molar-refractivity contribution >= 4 is 39.2 Å². The van der Waals surface area contributed by atoms with Crippen molar-refractivity contribution in [3.8, 4) is 0 Å². The summed E-state index contributed by atoms with van der Waals surface area (Å²) >= 11 is 9.42. The van der Waals surface area contributed by atoms with Gasteiger partial charge in [0.25, 0.3) is 0 Å². The summed E-state index contributed by atoms with van der Waals surface area (Å²) in [7, 11) is 0. The maximum Gasteiger partial charge on any atom is 0.0406 e. The van der Waals surface area contributed by atoms with Crippen molar-refractivity contribution in [2.75, 3.05) is 0 Å². The second kappa shape index (κ2) is 5.52. The van der Waals surface area contributed by atoms with Gasteiger partial charge in [-0.15, -0.1) is 0 Å². The first-order valence-corrected chi connectivity index (χ1v) is 6.52. The highest BCUT2D eigenvalue weighted by Crippen LogP contribution is 2.25. The van der Waals surface area contributed by atoms with Gasteiger partial charge in [-0.2, -0.15) is 0 Å². The molecular weight excluding hydrogens is 296 g/mol. The lowest BCUT2D eigenvalue weighted by molar-refractivity contribution is 1.53. The Labute approximate surface area is 115 Å². The van der Waals surface area contributed by atoms with E-state index in [2.05, 4.69) is 41.1 Å². The quantitative estimate of drug-likeness (QED) is 0.628. The van der Waals surface area contributed by atoms with E-state index in [0.29, 0.717) is 0 Å². The first-order valence-electron chi connectivity index (χ1n) is 5.35. The van der Waals surface area contributed by atoms with E-state index in [-0.39, 0.29) is 0 Å². The molecule has 86 valence electrons. The van der Waals surface area contributed by atoms with E-state index in [1.165, 1.54) is 11.1 Å². The van der Waals surface area contributed by atoms with E-state index in [1.807, 2.05) is 36.4 Å². The standard InChI is InChI=1S/C15H12BrCl/c1-11(14-4-2-3-5-15(14)16)10-12-6-8-13(17)9-7-12/h2-10H,1H3/b11-10+. The maximum absolute atomic E-state index is 5.86. The minimum absolute atomic E-state index is 0.765. The minimum Gasteiger partial charge on any atom is -0.0843 e. The van der Waals surface area contributed by atoms with Gasteiger partial charge >= 0.3 is 0 Å². The van der Waals surface area contributed by atoms with Crippen LogP contribution < -0.4 is 0 Å². The Bertz CT molecular complexity index is 541. The molecule has 0 saturated carbocycles. The zero-order valence-electron chi connectivity index (χ0n) is 9.45. The van der Waals surface area contributed by atoms with Crippen molar-refractivity contribution in [1.29, 1.82) is 0 Å². The van der Waals surface area contributed by atoms with E-state index in [0.717, 1.165) is 15.1 Å². The third kappa shape index (κ3) is 3.21. The SMILES string of the molecule is C/C(=C\c1ccc(Cl)cc1)c1ccccc1Br. The molecule has 0 heterocycles. The van der Waals surface area contributed by atoms with Crippen LogP contribution in [0.5, 0.6) is 0 Å². The summed E-state index contributed by atoms with van der Waals surface area (Å²) in [5, 5.41) is 0.765. The molecule has 2 rings (SSSR count). The molecular formula is C15H12BrCl. The van der Waals surface area contributed by atoms with Crippen LogP contribution in [0.25, 0.3) is 11.6 Å². The predicted molar refractivity (Wildman–Crippen MR) is 79.1 cm³/mol. The molecule has 0 nitrogen and oxygen atoms in total. The molecule has 0 saturated heterocycles. The largest absolute Gasteiger partial charge is 0.0843 e. The zero-order chi connectivity index (χ0) is 12.3. The van der Waals surface area contributed by atoms with E-state index in [9.17, 15) is 0 Å². The number of halogens is 2. The molecule has 2 heteroatoms. The van der Waals surface area contributed by atoms with Crippen molar-refractivity contribution in [2.24, 2.45) is 0 Å². The molecule has 0 spiro atoms. The van der Waals surface area contributed by atoms with Gasteiger partial charge in [0.1, 0.15) is 0 Å². The highest BCUT2D eigenvalue weighted by molar-refractivity contribution is 9.10. The number of hydrogen-bond acceptors (Lipinski definition) is 0. The Balaban J connectivity index is 2.34. The highest BCUT2D eigenvalue weighted by atomic mass is 79.9. The second-order valence-electron chi connectivity index (χ2n) is 3.86. The van der Waals surface area contributed by atoms with Gasteiger partial charge in [0.2, 0.25) is 0 Å². The Kier molecular flexibility index (Phi) is 4.03. The van der Waals surface area contributed by atoms with Crippen molar-refractivity contribution in [3.63, 3.8) is 0 Å². The first kappa shape index (κ1) is 12.4. The normalized spacial score (nSPS) is 11.6. The molecule has 0 aliphatic rings. The number of hydrogen-bond donors (Lipinski definition) is 0. The first-order chi connectivity index (χ1) is 8.16. The van der Waals surface area contributed by atoms with Crippen LogP contribution in [0.1, 0.15) is 18.1 Å². The molecule has 0 unspecified atom stereocenters. The fourth-order valence-electron chi connectivity index (χ4n) is 1.67. The smallest absolute Gasteiger partial charge is 0.0406 e. The monoisotopic (exact) mass is 306 g/mol. The van der Waals surface area contributed by atoms with Gasteiger partial charge in [0.05, 0.1) is 0 Å². The molecule has 0 bridgehead atoms. The van der Waals surface area contributed by atoms with Crippen molar-refractivity contribution in [1.82, 2.24) is 0 Å². The Morgan fingerprint density at radius 1 is 1.06 bits per heavy atom. The third-order valence-electron chi connectivity index (χ3n) is 2.55. The lowest BCUT2D eigenvalue weighted by Crippen LogP contribution is -1.81. The summed E-state index contributed by atoms with van der Waals surface area (Å²) in [6, 6.07) is 16.1. The predicted octanol–water partition coefficient (Wildman–Crippen LogP) is 5.66. The van der Waals surface area contributed by atoms with Crippen LogP contribution >= 0.6 is 27.5 Å². The lowest BCUT2D eigenvalue weighted by Gasteiger charge is -2.04. The molecule has 0 atom stereocenters. The molecule has 0 radical (unpaired) electrons. The Morgan fingerprint density at radius 3 is 2.35 bits per heavy atom. The van der Waals surface area contributed by atoms with Gasteiger partial charge in [-0.1, -0.05) is 63.9 Å². The Morgan fingerprint density at radius 2 is 1.71 bits per heavy atom. The maximum atomic E-state index is 5.86. The second-order valence-corrected chi connectivity index (χ2v) is 5.15. The van der Waals surface area contributed by atoms with Crippen LogP contribution in [-0.4, -0.2) is 0 Å². The van der Waals surface area contributed by atoms with E-state index in [1.54, 1.807) is 0 Å². The fourth-order valence-corrected chi connectivity index (χ4v) is 2.39. The van der Waals surface area contributed by atoms with E-state index in [4.69, 9.17) is 11.6 Å². The summed E-state index contributed by atoms with van der Waals surface area (Å²) in [6.45, 7) is 2.11. The third-order valence-corrected chi connectivity index (χ3v) is 3.50. The lowest BCUT2D eigenvalue weighted by atomic mass is 10.0. The van der Waals surface area contributed by atoms with Gasteiger partial charge < -0.3 is 0 Å². The van der Waals surface area contributed by atoms with Gasteiger partial charge in [-0.3, -0.25) is 0 Å². The zero-order valence-corrected chi connectivity index (χ0v) is 11.8. The summed E-state index contributed by atoms with van der Waals surface area (Å²) in [5.74, 6) is 0. The fraction of sp³-hybridized carbons (Fsp3) is 0.0667. The van der Waals surface area contributed by atoms with Crippen LogP contribution in [0.4, 0.5) is 0 Å². The number of allylic oxidation sites excluding steroid dienone is 1.